The Morgan fingerprint density at radius 2 is 2.18 bits per heavy atom. The van der Waals surface area contributed by atoms with Crippen molar-refractivity contribution in [2.45, 2.75) is 39.8 Å². The molecule has 1 atom stereocenters. The van der Waals surface area contributed by atoms with Crippen LogP contribution >= 0.6 is 0 Å². The fourth-order valence-corrected chi connectivity index (χ4v) is 2.78. The average molecular weight is 259 g/mol. The number of aryl methyl sites for hydroxylation is 2. The second-order valence-electron chi connectivity index (χ2n) is 4.54. The first kappa shape index (κ1) is 14.0. The SMILES string of the molecule is CCCn1cc(C)nc1NC(C)CS(C)(=O)=O. The third kappa shape index (κ3) is 4.77. The number of anilines is 1. The molecular weight excluding hydrogens is 238 g/mol. The minimum Gasteiger partial charge on any atom is -0.352 e. The van der Waals surface area contributed by atoms with Gasteiger partial charge in [-0.1, -0.05) is 6.92 Å². The molecule has 0 bridgehead atoms. The Labute approximate surface area is 103 Å². The molecule has 0 aliphatic rings. The van der Waals surface area contributed by atoms with Crippen molar-refractivity contribution >= 4 is 15.8 Å². The highest BCUT2D eigenvalue weighted by atomic mass is 32.2. The molecule has 1 aromatic rings. The average Bonchev–Trinajstić information content (AvgIpc) is 2.43. The molecule has 0 amide bonds. The van der Waals surface area contributed by atoms with E-state index in [-0.39, 0.29) is 11.8 Å². The van der Waals surface area contributed by atoms with Crippen molar-refractivity contribution in [1.82, 2.24) is 9.55 Å². The monoisotopic (exact) mass is 259 g/mol. The van der Waals surface area contributed by atoms with Crippen molar-refractivity contribution in [2.75, 3.05) is 17.3 Å². The summed E-state index contributed by atoms with van der Waals surface area (Å²) in [5.74, 6) is 0.867. The van der Waals surface area contributed by atoms with E-state index in [0.29, 0.717) is 0 Å². The number of hydrogen-bond donors (Lipinski definition) is 1. The molecule has 5 nitrogen and oxygen atoms in total. The van der Waals surface area contributed by atoms with Gasteiger partial charge in [0.1, 0.15) is 9.84 Å². The van der Waals surface area contributed by atoms with Crippen LogP contribution in [-0.2, 0) is 16.4 Å². The highest BCUT2D eigenvalue weighted by Gasteiger charge is 2.13. The Hall–Kier alpha value is -1.04. The predicted octanol–water partition coefficient (Wildman–Crippen LogP) is 1.45. The molecule has 1 unspecified atom stereocenters. The summed E-state index contributed by atoms with van der Waals surface area (Å²) in [6, 6.07) is -0.137. The Morgan fingerprint density at radius 3 is 2.71 bits per heavy atom. The summed E-state index contributed by atoms with van der Waals surface area (Å²) < 4.78 is 24.4. The van der Waals surface area contributed by atoms with Gasteiger partial charge in [0.2, 0.25) is 5.95 Å². The van der Waals surface area contributed by atoms with E-state index >= 15 is 0 Å². The van der Waals surface area contributed by atoms with E-state index in [1.54, 1.807) is 0 Å². The summed E-state index contributed by atoms with van der Waals surface area (Å²) in [4.78, 5) is 4.36. The number of imidazole rings is 1. The van der Waals surface area contributed by atoms with E-state index in [1.165, 1.54) is 6.26 Å². The van der Waals surface area contributed by atoms with Crippen LogP contribution in [-0.4, -0.2) is 36.0 Å². The Morgan fingerprint density at radius 1 is 1.53 bits per heavy atom. The van der Waals surface area contributed by atoms with Crippen LogP contribution < -0.4 is 5.32 Å². The molecule has 98 valence electrons. The zero-order chi connectivity index (χ0) is 13.1. The van der Waals surface area contributed by atoms with Gasteiger partial charge in [0.05, 0.1) is 11.4 Å². The number of aromatic nitrogens is 2. The third-order valence-electron chi connectivity index (χ3n) is 2.29. The van der Waals surface area contributed by atoms with Gasteiger partial charge in [0.25, 0.3) is 0 Å². The molecule has 0 aromatic carbocycles. The van der Waals surface area contributed by atoms with E-state index in [1.807, 2.05) is 24.6 Å². The van der Waals surface area contributed by atoms with Crippen LogP contribution in [0, 0.1) is 6.92 Å². The van der Waals surface area contributed by atoms with Crippen LogP contribution in [0.3, 0.4) is 0 Å². The first-order valence-electron chi connectivity index (χ1n) is 5.80. The minimum atomic E-state index is -2.96. The molecule has 0 aliphatic heterocycles. The molecule has 0 saturated heterocycles. The Balaban J connectivity index is 2.73. The lowest BCUT2D eigenvalue weighted by Gasteiger charge is -2.14. The van der Waals surface area contributed by atoms with Crippen LogP contribution in [0.15, 0.2) is 6.20 Å². The highest BCUT2D eigenvalue weighted by Crippen LogP contribution is 2.11. The zero-order valence-corrected chi connectivity index (χ0v) is 11.7. The van der Waals surface area contributed by atoms with Gasteiger partial charge in [-0.3, -0.25) is 0 Å². The molecule has 0 spiro atoms. The lowest BCUT2D eigenvalue weighted by atomic mass is 10.4. The maximum atomic E-state index is 11.2. The topological polar surface area (TPSA) is 64.0 Å². The van der Waals surface area contributed by atoms with E-state index < -0.39 is 9.84 Å². The quantitative estimate of drug-likeness (QED) is 0.839. The summed E-state index contributed by atoms with van der Waals surface area (Å²) >= 11 is 0. The van der Waals surface area contributed by atoms with Crippen LogP contribution in [0.1, 0.15) is 26.0 Å². The first-order valence-corrected chi connectivity index (χ1v) is 7.86. The molecule has 1 N–H and O–H groups in total. The van der Waals surface area contributed by atoms with E-state index in [9.17, 15) is 8.42 Å². The maximum absolute atomic E-state index is 11.2. The van der Waals surface area contributed by atoms with Gasteiger partial charge in [-0.25, -0.2) is 13.4 Å². The lowest BCUT2D eigenvalue weighted by molar-refractivity contribution is 0.597. The van der Waals surface area contributed by atoms with Crippen molar-refractivity contribution in [3.8, 4) is 0 Å². The Bertz CT molecular complexity index is 465. The highest BCUT2D eigenvalue weighted by molar-refractivity contribution is 7.90. The van der Waals surface area contributed by atoms with Gasteiger partial charge in [-0.2, -0.15) is 0 Å². The van der Waals surface area contributed by atoms with Crippen molar-refractivity contribution in [1.29, 1.82) is 0 Å². The molecule has 0 radical (unpaired) electrons. The van der Waals surface area contributed by atoms with Gasteiger partial charge in [-0.05, 0) is 20.3 Å². The molecule has 1 aromatic heterocycles. The summed E-state index contributed by atoms with van der Waals surface area (Å²) in [5, 5.41) is 3.15. The smallest absolute Gasteiger partial charge is 0.203 e. The van der Waals surface area contributed by atoms with Crippen LogP contribution in [0.4, 0.5) is 5.95 Å². The standard InChI is InChI=1S/C11H21N3O2S/c1-5-6-14-7-9(2)12-11(14)13-10(3)8-17(4,15)16/h7,10H,5-6,8H2,1-4H3,(H,12,13). The van der Waals surface area contributed by atoms with Crippen molar-refractivity contribution in [2.24, 2.45) is 0 Å². The normalized spacial score (nSPS) is 13.6. The molecule has 0 saturated carbocycles. The van der Waals surface area contributed by atoms with Gasteiger partial charge in [0.15, 0.2) is 0 Å². The van der Waals surface area contributed by atoms with Crippen molar-refractivity contribution in [3.05, 3.63) is 11.9 Å². The molecule has 1 heterocycles. The van der Waals surface area contributed by atoms with Crippen LogP contribution in [0.5, 0.6) is 0 Å². The minimum absolute atomic E-state index is 0.116. The largest absolute Gasteiger partial charge is 0.352 e. The summed E-state index contributed by atoms with van der Waals surface area (Å²) in [6.45, 7) is 6.76. The molecule has 0 fully saturated rings. The van der Waals surface area contributed by atoms with Gasteiger partial charge in [-0.15, -0.1) is 0 Å². The number of nitrogens with one attached hydrogen (secondary N) is 1. The van der Waals surface area contributed by atoms with Crippen LogP contribution in [0.2, 0.25) is 0 Å². The van der Waals surface area contributed by atoms with E-state index in [2.05, 4.69) is 17.2 Å². The number of nitrogens with zero attached hydrogens (tertiary/aromatic N) is 2. The van der Waals surface area contributed by atoms with Gasteiger partial charge < -0.3 is 9.88 Å². The molecular formula is C11H21N3O2S. The number of hydrogen-bond acceptors (Lipinski definition) is 4. The fraction of sp³-hybridized carbons (Fsp3) is 0.727. The number of sulfone groups is 1. The first-order chi connectivity index (χ1) is 7.81. The van der Waals surface area contributed by atoms with Gasteiger partial charge >= 0.3 is 0 Å². The zero-order valence-electron chi connectivity index (χ0n) is 10.9. The predicted molar refractivity (Wildman–Crippen MR) is 70.1 cm³/mol. The van der Waals surface area contributed by atoms with E-state index in [0.717, 1.165) is 24.6 Å². The van der Waals surface area contributed by atoms with Crippen molar-refractivity contribution in [3.63, 3.8) is 0 Å². The maximum Gasteiger partial charge on any atom is 0.203 e. The van der Waals surface area contributed by atoms with Crippen molar-refractivity contribution < 1.29 is 8.42 Å². The Kier molecular flexibility index (Phi) is 4.56. The molecule has 17 heavy (non-hydrogen) atoms. The molecule has 1 rings (SSSR count). The van der Waals surface area contributed by atoms with Crippen LogP contribution in [0.25, 0.3) is 0 Å². The summed E-state index contributed by atoms with van der Waals surface area (Å²) in [6.07, 6.45) is 4.24. The number of rotatable bonds is 6. The summed E-state index contributed by atoms with van der Waals surface area (Å²) in [7, 11) is -2.96. The summed E-state index contributed by atoms with van der Waals surface area (Å²) in [5.41, 5.74) is 0.938. The second kappa shape index (κ2) is 5.53. The van der Waals surface area contributed by atoms with Gasteiger partial charge in [0, 0.05) is 25.0 Å². The van der Waals surface area contributed by atoms with E-state index in [4.69, 9.17) is 0 Å². The molecule has 0 aliphatic carbocycles. The molecule has 6 heteroatoms. The lowest BCUT2D eigenvalue weighted by Crippen LogP contribution is -2.26. The third-order valence-corrected chi connectivity index (χ3v) is 3.40. The fourth-order valence-electron chi connectivity index (χ4n) is 1.79. The second-order valence-corrected chi connectivity index (χ2v) is 6.72.